The summed E-state index contributed by atoms with van der Waals surface area (Å²) in [6, 6.07) is 0. The molecule has 0 amide bonds. The SMILES string of the molecule is C=Cc1cnc2c(O)cncn2c1=O. The first kappa shape index (κ1) is 8.43. The summed E-state index contributed by atoms with van der Waals surface area (Å²) in [5.74, 6) is -0.125. The molecule has 0 saturated heterocycles. The van der Waals surface area contributed by atoms with Gasteiger partial charge in [0.1, 0.15) is 6.33 Å². The van der Waals surface area contributed by atoms with Gasteiger partial charge in [-0.2, -0.15) is 0 Å². The molecule has 0 unspecified atom stereocenters. The van der Waals surface area contributed by atoms with E-state index in [4.69, 9.17) is 0 Å². The van der Waals surface area contributed by atoms with E-state index in [1.165, 1.54) is 29.2 Å². The molecule has 0 atom stereocenters. The van der Waals surface area contributed by atoms with Crippen LogP contribution in [0.25, 0.3) is 11.7 Å². The van der Waals surface area contributed by atoms with E-state index in [1.807, 2.05) is 0 Å². The van der Waals surface area contributed by atoms with Gasteiger partial charge < -0.3 is 5.11 Å². The number of fused-ring (bicyclic) bond motifs is 1. The number of nitrogens with zero attached hydrogens (tertiary/aromatic N) is 3. The zero-order chi connectivity index (χ0) is 10.1. The molecule has 0 fully saturated rings. The summed E-state index contributed by atoms with van der Waals surface area (Å²) in [7, 11) is 0. The Bertz CT molecular complexity index is 559. The Morgan fingerprint density at radius 1 is 1.50 bits per heavy atom. The summed E-state index contributed by atoms with van der Waals surface area (Å²) in [6.07, 6.45) is 5.31. The van der Waals surface area contributed by atoms with Crippen molar-refractivity contribution in [2.24, 2.45) is 0 Å². The van der Waals surface area contributed by atoms with E-state index < -0.39 is 0 Å². The highest BCUT2D eigenvalue weighted by molar-refractivity contribution is 5.53. The summed E-state index contributed by atoms with van der Waals surface area (Å²) in [6.45, 7) is 3.48. The monoisotopic (exact) mass is 189 g/mol. The summed E-state index contributed by atoms with van der Waals surface area (Å²) in [5.41, 5.74) is 0.263. The lowest BCUT2D eigenvalue weighted by atomic mass is 10.3. The molecule has 2 aromatic heterocycles. The maximum atomic E-state index is 11.6. The molecule has 5 nitrogen and oxygen atoms in total. The van der Waals surface area contributed by atoms with Crippen LogP contribution in [0.4, 0.5) is 0 Å². The van der Waals surface area contributed by atoms with E-state index in [2.05, 4.69) is 16.5 Å². The van der Waals surface area contributed by atoms with Gasteiger partial charge in [-0.05, 0) is 0 Å². The molecule has 2 rings (SSSR count). The van der Waals surface area contributed by atoms with Gasteiger partial charge in [-0.15, -0.1) is 0 Å². The Balaban J connectivity index is 2.98. The maximum Gasteiger partial charge on any atom is 0.266 e. The summed E-state index contributed by atoms with van der Waals surface area (Å²) >= 11 is 0. The molecule has 2 aromatic rings. The molecule has 0 bridgehead atoms. The van der Waals surface area contributed by atoms with Crippen LogP contribution >= 0.6 is 0 Å². The fourth-order valence-electron chi connectivity index (χ4n) is 1.15. The lowest BCUT2D eigenvalue weighted by Crippen LogP contribution is -2.17. The molecule has 0 spiro atoms. The lowest BCUT2D eigenvalue weighted by molar-refractivity contribution is 0.473. The van der Waals surface area contributed by atoms with Crippen molar-refractivity contribution in [3.63, 3.8) is 0 Å². The van der Waals surface area contributed by atoms with Crippen LogP contribution in [-0.4, -0.2) is 19.5 Å². The van der Waals surface area contributed by atoms with Gasteiger partial charge >= 0.3 is 0 Å². The third kappa shape index (κ3) is 1.06. The Labute approximate surface area is 79.0 Å². The number of hydrogen-bond donors (Lipinski definition) is 1. The van der Waals surface area contributed by atoms with Crippen LogP contribution in [0.1, 0.15) is 5.56 Å². The fourth-order valence-corrected chi connectivity index (χ4v) is 1.15. The Morgan fingerprint density at radius 3 is 3.00 bits per heavy atom. The molecule has 1 N–H and O–H groups in total. The first-order valence-corrected chi connectivity index (χ1v) is 3.91. The van der Waals surface area contributed by atoms with Gasteiger partial charge in [0.2, 0.25) is 0 Å². The van der Waals surface area contributed by atoms with Crippen LogP contribution in [0.5, 0.6) is 5.75 Å². The van der Waals surface area contributed by atoms with E-state index >= 15 is 0 Å². The average Bonchev–Trinajstić information content (AvgIpc) is 2.20. The molecule has 2 heterocycles. The van der Waals surface area contributed by atoms with E-state index in [0.29, 0.717) is 5.56 Å². The van der Waals surface area contributed by atoms with Gasteiger partial charge in [0.25, 0.3) is 5.56 Å². The minimum Gasteiger partial charge on any atom is -0.503 e. The summed E-state index contributed by atoms with van der Waals surface area (Å²) in [5, 5.41) is 9.35. The van der Waals surface area contributed by atoms with Crippen LogP contribution < -0.4 is 5.56 Å². The molecule has 0 saturated carbocycles. The van der Waals surface area contributed by atoms with Crippen molar-refractivity contribution in [3.05, 3.63) is 41.2 Å². The van der Waals surface area contributed by atoms with E-state index in [0.717, 1.165) is 0 Å². The molecular weight excluding hydrogens is 182 g/mol. The molecule has 0 aliphatic heterocycles. The van der Waals surface area contributed by atoms with Crippen LogP contribution in [0.15, 0.2) is 30.1 Å². The molecule has 5 heteroatoms. The predicted octanol–water partition coefficient (Wildman–Crippen LogP) is 0.438. The molecule has 0 aliphatic carbocycles. The summed E-state index contributed by atoms with van der Waals surface area (Å²) in [4.78, 5) is 19.2. The zero-order valence-electron chi connectivity index (χ0n) is 7.21. The van der Waals surface area contributed by atoms with Gasteiger partial charge in [0, 0.05) is 6.20 Å². The average molecular weight is 189 g/mol. The van der Waals surface area contributed by atoms with Crippen molar-refractivity contribution in [1.29, 1.82) is 0 Å². The quantitative estimate of drug-likeness (QED) is 0.706. The van der Waals surface area contributed by atoms with Gasteiger partial charge in [-0.25, -0.2) is 14.4 Å². The first-order valence-electron chi connectivity index (χ1n) is 3.91. The van der Waals surface area contributed by atoms with E-state index in [-0.39, 0.29) is 17.0 Å². The van der Waals surface area contributed by atoms with Gasteiger partial charge in [-0.3, -0.25) is 4.79 Å². The maximum absolute atomic E-state index is 11.6. The number of aromatic hydroxyl groups is 1. The fraction of sp³-hybridized carbons (Fsp3) is 0. The Morgan fingerprint density at radius 2 is 2.29 bits per heavy atom. The Kier molecular flexibility index (Phi) is 1.78. The molecule has 0 radical (unpaired) electrons. The second kappa shape index (κ2) is 2.95. The largest absolute Gasteiger partial charge is 0.503 e. The van der Waals surface area contributed by atoms with Crippen molar-refractivity contribution in [3.8, 4) is 5.75 Å². The van der Waals surface area contributed by atoms with Crippen LogP contribution in [0.3, 0.4) is 0 Å². The number of aromatic nitrogens is 3. The van der Waals surface area contributed by atoms with Crippen LogP contribution in [-0.2, 0) is 0 Å². The topological polar surface area (TPSA) is 67.5 Å². The third-order valence-electron chi connectivity index (χ3n) is 1.85. The smallest absolute Gasteiger partial charge is 0.266 e. The highest BCUT2D eigenvalue weighted by atomic mass is 16.3. The Hall–Kier alpha value is -2.17. The second-order valence-corrected chi connectivity index (χ2v) is 2.70. The molecular formula is C9H7N3O2. The molecule has 0 aromatic carbocycles. The second-order valence-electron chi connectivity index (χ2n) is 2.70. The van der Waals surface area contributed by atoms with Gasteiger partial charge in [0.15, 0.2) is 11.4 Å². The normalized spacial score (nSPS) is 10.3. The van der Waals surface area contributed by atoms with Crippen molar-refractivity contribution in [1.82, 2.24) is 14.4 Å². The highest BCUT2D eigenvalue weighted by Crippen LogP contribution is 2.11. The first-order chi connectivity index (χ1) is 6.74. The van der Waals surface area contributed by atoms with E-state index in [9.17, 15) is 9.90 Å². The third-order valence-corrected chi connectivity index (χ3v) is 1.85. The van der Waals surface area contributed by atoms with Crippen molar-refractivity contribution < 1.29 is 5.11 Å². The molecule has 14 heavy (non-hydrogen) atoms. The lowest BCUT2D eigenvalue weighted by Gasteiger charge is -2.01. The minimum atomic E-state index is -0.298. The summed E-state index contributed by atoms with van der Waals surface area (Å²) < 4.78 is 1.17. The van der Waals surface area contributed by atoms with Crippen LogP contribution in [0, 0.1) is 0 Å². The van der Waals surface area contributed by atoms with Crippen molar-refractivity contribution in [2.75, 3.05) is 0 Å². The highest BCUT2D eigenvalue weighted by Gasteiger charge is 2.04. The van der Waals surface area contributed by atoms with Crippen molar-refractivity contribution >= 4 is 11.7 Å². The zero-order valence-corrected chi connectivity index (χ0v) is 7.21. The standard InChI is InChI=1S/C9H7N3O2/c1-2-6-3-11-8-7(13)4-10-5-12(8)9(6)14/h2-5,13H,1H2. The molecule has 70 valence electrons. The number of hydrogen-bond acceptors (Lipinski definition) is 4. The minimum absolute atomic E-state index is 0.125. The van der Waals surface area contributed by atoms with Gasteiger partial charge in [-0.1, -0.05) is 12.7 Å². The number of rotatable bonds is 1. The van der Waals surface area contributed by atoms with Crippen LogP contribution in [0.2, 0.25) is 0 Å². The van der Waals surface area contributed by atoms with Gasteiger partial charge in [0.05, 0.1) is 11.8 Å². The van der Waals surface area contributed by atoms with E-state index in [1.54, 1.807) is 0 Å². The molecule has 0 aliphatic rings. The predicted molar refractivity (Wildman–Crippen MR) is 51.0 cm³/mol. The van der Waals surface area contributed by atoms with Crippen molar-refractivity contribution in [2.45, 2.75) is 0 Å².